The lowest BCUT2D eigenvalue weighted by Gasteiger charge is -2.29. The van der Waals surface area contributed by atoms with Crippen LogP contribution in [-0.4, -0.2) is 220 Å². The summed E-state index contributed by atoms with van der Waals surface area (Å²) in [5, 5.41) is 73.1. The lowest BCUT2D eigenvalue weighted by molar-refractivity contribution is -0.155. The van der Waals surface area contributed by atoms with Gasteiger partial charge in [-0.25, -0.2) is 9.59 Å². The van der Waals surface area contributed by atoms with E-state index in [1.165, 1.54) is 21.0 Å². The third-order valence-electron chi connectivity index (χ3n) is 13.5. The van der Waals surface area contributed by atoms with Gasteiger partial charge in [0.2, 0.25) is 53.2 Å². The minimum atomic E-state index is -2.82. The van der Waals surface area contributed by atoms with Gasteiger partial charge in [-0.2, -0.15) is 0 Å². The quantitative estimate of drug-likeness (QED) is 0.0151. The number of nitrogens with one attached hydrogen (secondary N) is 9. The minimum absolute atomic E-state index is 0.141. The number of carbonyl (C=O) groups is 12. The highest BCUT2D eigenvalue weighted by molar-refractivity contribution is 6.18. The molecule has 20 N–H and O–H groups in total. The van der Waals surface area contributed by atoms with Gasteiger partial charge in [-0.1, -0.05) is 70.8 Å². The molecular formula is C53H92ClN13O18. The maximum Gasteiger partial charge on any atom is 0.335 e. The zero-order valence-corrected chi connectivity index (χ0v) is 49.9. The summed E-state index contributed by atoms with van der Waals surface area (Å²) in [4.78, 5) is 166. The summed E-state index contributed by atoms with van der Waals surface area (Å²) in [6, 6.07) is -15.4. The van der Waals surface area contributed by atoms with E-state index in [9.17, 15) is 83.1 Å². The maximum atomic E-state index is 14.3. The highest BCUT2D eigenvalue weighted by Gasteiger charge is 2.41. The average molecular weight is 1230 g/mol. The number of alkyl halides is 1. The summed E-state index contributed by atoms with van der Waals surface area (Å²) in [6.45, 7) is 2.76. The largest absolute Gasteiger partial charge is 0.479 e. The molecule has 12 atom stereocenters. The van der Waals surface area contributed by atoms with Crippen molar-refractivity contribution < 1.29 is 87.8 Å². The number of aliphatic carboxylic acids is 1. The standard InChI is InChI=1S/C53H92ClN13O18/c1-6-8-9-10-11-12-13-14-15-18-30(69)25-38(71)58-36-28-85-53(84)41(37(70)27-54)65-51(81)42(43(73)52(82)83)66-44(74)31(7-2)59-50(80)40(29(3)68)64-47(77)34(21-24-57)61-45(75)32(19-16-17-22-55)60-48(78)35(26-39(72)67(4)5)63-46(76)33(20-23-56)62-49(36)79/h7,29-30,32-37,40-43,68-70,73H,6,8-28,55-57H2,1-5H3,(H,58,71)(H,59,80)(H,60,78)(H,61,75)(H,62,79)(H,63,76)(H,64,77)(H,65,81)(H,66,74)(H,82,83)/b31-7-/t29-,30+,32-,33+,34-,35-,36-,37+,40-,41-,42-,43-/m0/s1. The van der Waals surface area contributed by atoms with Crippen molar-refractivity contribution in [2.75, 3.05) is 46.2 Å². The summed E-state index contributed by atoms with van der Waals surface area (Å²) < 4.78 is 5.32. The lowest BCUT2D eigenvalue weighted by atomic mass is 10.0. The molecule has 0 spiro atoms. The third-order valence-corrected chi connectivity index (χ3v) is 13.8. The van der Waals surface area contributed by atoms with Crippen LogP contribution in [0.2, 0.25) is 0 Å². The van der Waals surface area contributed by atoms with Crippen LogP contribution in [0.3, 0.4) is 0 Å². The summed E-state index contributed by atoms with van der Waals surface area (Å²) in [6.07, 6.45) is 0.391. The summed E-state index contributed by atoms with van der Waals surface area (Å²) in [5.41, 5.74) is 16.6. The number of nitrogens with two attached hydrogens (primary N) is 3. The second-order valence-corrected chi connectivity index (χ2v) is 21.1. The SMILES string of the molecule is C/C=C1\NC(=O)[C@H]([C@H](C)O)NC(=O)[C@H](CCN)NC(=O)[C@H](CCCCN)NC(=O)[C@H](CC(=O)N(C)C)NC(=O)[C@@H](CCN)NC(=O)[C@@H](NC(=O)C[C@H](O)CCCCCCCCCCC)COC(=O)[C@H]([C@H](O)CCl)NC(=O)[C@H]([C@H](O)C(=O)O)NC1=O. The van der Waals surface area contributed by atoms with Crippen LogP contribution in [0.5, 0.6) is 0 Å². The smallest absolute Gasteiger partial charge is 0.335 e. The van der Waals surface area contributed by atoms with Crippen LogP contribution >= 0.6 is 11.6 Å². The van der Waals surface area contributed by atoms with Gasteiger partial charge in [0.15, 0.2) is 12.1 Å². The lowest BCUT2D eigenvalue weighted by Crippen LogP contribution is -2.62. The number of hydrogen-bond acceptors (Lipinski definition) is 20. The number of cyclic esters (lactones) is 1. The number of halogens is 1. The Hall–Kier alpha value is -6.61. The van der Waals surface area contributed by atoms with E-state index in [4.69, 9.17) is 33.5 Å². The summed E-state index contributed by atoms with van der Waals surface area (Å²) in [5.74, 6) is -16.4. The fourth-order valence-corrected chi connectivity index (χ4v) is 8.59. The van der Waals surface area contributed by atoms with Crippen molar-refractivity contribution in [3.63, 3.8) is 0 Å². The Morgan fingerprint density at radius 1 is 0.647 bits per heavy atom. The predicted molar refractivity (Wildman–Crippen MR) is 306 cm³/mol. The predicted octanol–water partition coefficient (Wildman–Crippen LogP) is -5.16. The number of aliphatic hydroxyl groups is 4. The Balaban J connectivity index is 4.07. The molecule has 1 heterocycles. The molecule has 1 aliphatic heterocycles. The summed E-state index contributed by atoms with van der Waals surface area (Å²) >= 11 is 5.88. The molecule has 1 fully saturated rings. The first-order valence-corrected chi connectivity index (χ1v) is 29.1. The van der Waals surface area contributed by atoms with Crippen LogP contribution in [-0.2, 0) is 62.3 Å². The molecule has 32 heteroatoms. The number of nitrogens with zero attached hydrogens (tertiary/aromatic N) is 1. The number of hydrogen-bond donors (Lipinski definition) is 17. The molecule has 0 aliphatic carbocycles. The van der Waals surface area contributed by atoms with Gasteiger partial charge in [-0.05, 0) is 72.0 Å². The van der Waals surface area contributed by atoms with Gasteiger partial charge in [-0.15, -0.1) is 11.6 Å². The van der Waals surface area contributed by atoms with E-state index >= 15 is 0 Å². The van der Waals surface area contributed by atoms with Crippen molar-refractivity contribution in [3.05, 3.63) is 11.8 Å². The van der Waals surface area contributed by atoms with E-state index in [1.807, 2.05) is 10.6 Å². The van der Waals surface area contributed by atoms with E-state index in [-0.39, 0.29) is 51.7 Å². The van der Waals surface area contributed by atoms with Crippen LogP contribution in [0.25, 0.3) is 0 Å². The second kappa shape index (κ2) is 41.4. The first kappa shape index (κ1) is 76.4. The van der Waals surface area contributed by atoms with Gasteiger partial charge in [0.1, 0.15) is 54.6 Å². The number of carbonyl (C=O) groups excluding carboxylic acids is 11. The monoisotopic (exact) mass is 1230 g/mol. The van der Waals surface area contributed by atoms with Crippen molar-refractivity contribution in [1.29, 1.82) is 0 Å². The Labute approximate surface area is 499 Å². The molecule has 85 heavy (non-hydrogen) atoms. The molecule has 0 saturated carbocycles. The number of esters is 1. The molecule has 0 radical (unpaired) electrons. The number of allylic oxidation sites excluding steroid dienone is 1. The minimum Gasteiger partial charge on any atom is -0.479 e. The number of aliphatic hydroxyl groups excluding tert-OH is 4. The fourth-order valence-electron chi connectivity index (χ4n) is 8.41. The van der Waals surface area contributed by atoms with Gasteiger partial charge in [0.25, 0.3) is 5.91 Å². The molecule has 1 saturated heterocycles. The Morgan fingerprint density at radius 3 is 1.66 bits per heavy atom. The number of carboxylic acid groups (broad SMARTS) is 1. The number of unbranched alkanes of at least 4 members (excludes halogenated alkanes) is 9. The Bertz CT molecular complexity index is 2250. The zero-order valence-electron chi connectivity index (χ0n) is 49.2. The van der Waals surface area contributed by atoms with Crippen LogP contribution in [0, 0.1) is 0 Å². The molecule has 31 nitrogen and oxygen atoms in total. The maximum absolute atomic E-state index is 14.3. The molecule has 0 unspecified atom stereocenters. The molecule has 1 aliphatic rings. The zero-order chi connectivity index (χ0) is 64.3. The fraction of sp³-hybridized carbons (Fsp3) is 0.736. The molecule has 10 amide bonds. The topological polar surface area (TPSA) is 505 Å². The van der Waals surface area contributed by atoms with Crippen molar-refractivity contribution in [1.82, 2.24) is 52.8 Å². The van der Waals surface area contributed by atoms with Gasteiger partial charge < -0.3 is 100 Å². The van der Waals surface area contributed by atoms with Crippen LogP contribution in [0.15, 0.2) is 11.8 Å². The van der Waals surface area contributed by atoms with Crippen molar-refractivity contribution in [3.8, 4) is 0 Å². The first-order valence-electron chi connectivity index (χ1n) is 28.6. The van der Waals surface area contributed by atoms with E-state index in [2.05, 4.69) is 44.1 Å². The van der Waals surface area contributed by atoms with Gasteiger partial charge in [-0.3, -0.25) is 47.9 Å². The van der Waals surface area contributed by atoms with E-state index in [0.717, 1.165) is 69.3 Å². The number of carboxylic acids is 1. The molecule has 0 aromatic carbocycles. The summed E-state index contributed by atoms with van der Waals surface area (Å²) in [7, 11) is 2.70. The van der Waals surface area contributed by atoms with E-state index < -0.39 is 175 Å². The number of amides is 10. The molecular weight excluding hydrogens is 1140 g/mol. The normalized spacial score (nSPS) is 24.2. The van der Waals surface area contributed by atoms with Gasteiger partial charge in [0.05, 0.1) is 37.0 Å². The molecule has 1 rings (SSSR count). The van der Waals surface area contributed by atoms with Gasteiger partial charge in [0, 0.05) is 14.1 Å². The van der Waals surface area contributed by atoms with Crippen LogP contribution < -0.4 is 65.1 Å². The highest BCUT2D eigenvalue weighted by Crippen LogP contribution is 2.14. The van der Waals surface area contributed by atoms with Crippen LogP contribution in [0.4, 0.5) is 0 Å². The highest BCUT2D eigenvalue weighted by atomic mass is 35.5. The Kier molecular flexibility index (Phi) is 37.3. The first-order chi connectivity index (χ1) is 40.2. The number of rotatable bonds is 28. The number of ether oxygens (including phenoxy) is 1. The van der Waals surface area contributed by atoms with E-state index in [1.54, 1.807) is 0 Å². The van der Waals surface area contributed by atoms with Gasteiger partial charge >= 0.3 is 11.9 Å². The average Bonchev–Trinajstić information content (AvgIpc) is 3.40. The third kappa shape index (κ3) is 28.4. The van der Waals surface area contributed by atoms with Crippen molar-refractivity contribution in [2.45, 2.75) is 203 Å². The molecule has 0 aromatic rings. The van der Waals surface area contributed by atoms with Crippen LogP contribution in [0.1, 0.15) is 130 Å². The molecule has 484 valence electrons. The van der Waals surface area contributed by atoms with E-state index in [0.29, 0.717) is 12.8 Å². The molecule has 0 bridgehead atoms. The van der Waals surface area contributed by atoms with Crippen molar-refractivity contribution in [2.24, 2.45) is 17.2 Å². The second-order valence-electron chi connectivity index (χ2n) is 20.8. The molecule has 0 aromatic heterocycles. The van der Waals surface area contributed by atoms with Crippen molar-refractivity contribution >= 4 is 82.6 Å². The Morgan fingerprint density at radius 2 is 1.15 bits per heavy atom.